The third-order valence-corrected chi connectivity index (χ3v) is 3.17. The van der Waals surface area contributed by atoms with E-state index < -0.39 is 0 Å². The lowest BCUT2D eigenvalue weighted by molar-refractivity contribution is -0.956. The molecule has 66 valence electrons. The number of hydrogen-bond donors (Lipinski definition) is 1. The molecule has 1 N–H and O–H groups in total. The van der Waals surface area contributed by atoms with Gasteiger partial charge in [-0.2, -0.15) is 0 Å². The Morgan fingerprint density at radius 2 is 1.64 bits per heavy atom. The van der Waals surface area contributed by atoms with Crippen LogP contribution >= 0.6 is 0 Å². The lowest BCUT2D eigenvalue weighted by atomic mass is 10.2. The third kappa shape index (κ3) is 1.42. The first-order valence-corrected chi connectivity index (χ1v) is 4.67. The van der Waals surface area contributed by atoms with E-state index in [2.05, 4.69) is 33.0 Å². The van der Waals surface area contributed by atoms with E-state index in [9.17, 15) is 0 Å². The summed E-state index contributed by atoms with van der Waals surface area (Å²) in [6, 6.07) is 1.51. The Morgan fingerprint density at radius 3 is 1.82 bits per heavy atom. The standard InChI is InChI=1S/C9H21N2/c1-8(2)11(9(3)4)6-5-10-7-11/h8-10H,5-7H2,1-4H3/q+1. The molecule has 1 heterocycles. The Kier molecular flexibility index (Phi) is 2.55. The minimum absolute atomic E-state index is 0.755. The molecule has 2 heteroatoms. The first-order valence-electron chi connectivity index (χ1n) is 4.67. The zero-order valence-corrected chi connectivity index (χ0v) is 8.22. The van der Waals surface area contributed by atoms with E-state index >= 15 is 0 Å². The summed E-state index contributed by atoms with van der Waals surface area (Å²) in [5, 5.41) is 3.45. The molecule has 0 aromatic rings. The molecule has 0 bridgehead atoms. The van der Waals surface area contributed by atoms with Gasteiger partial charge in [0.25, 0.3) is 0 Å². The van der Waals surface area contributed by atoms with E-state index in [-0.39, 0.29) is 0 Å². The van der Waals surface area contributed by atoms with Gasteiger partial charge in [-0.05, 0) is 27.7 Å². The molecule has 0 radical (unpaired) electrons. The number of nitrogens with zero attached hydrogens (tertiary/aromatic N) is 1. The van der Waals surface area contributed by atoms with Crippen molar-refractivity contribution in [2.45, 2.75) is 39.8 Å². The van der Waals surface area contributed by atoms with Crippen LogP contribution in [0.1, 0.15) is 27.7 Å². The van der Waals surface area contributed by atoms with Crippen molar-refractivity contribution < 1.29 is 4.48 Å². The molecule has 1 aliphatic heterocycles. The van der Waals surface area contributed by atoms with Crippen LogP contribution in [0.3, 0.4) is 0 Å². The van der Waals surface area contributed by atoms with Crippen molar-refractivity contribution in [1.29, 1.82) is 0 Å². The van der Waals surface area contributed by atoms with E-state index in [1.165, 1.54) is 17.6 Å². The third-order valence-electron chi connectivity index (χ3n) is 3.17. The van der Waals surface area contributed by atoms with Gasteiger partial charge in [0, 0.05) is 6.54 Å². The fraction of sp³-hybridized carbons (Fsp3) is 1.00. The predicted octanol–water partition coefficient (Wildman–Crippen LogP) is 1.18. The van der Waals surface area contributed by atoms with Crippen LogP contribution in [-0.4, -0.2) is 36.3 Å². The maximum atomic E-state index is 3.45. The van der Waals surface area contributed by atoms with Crippen LogP contribution in [0.4, 0.5) is 0 Å². The molecule has 1 fully saturated rings. The van der Waals surface area contributed by atoms with Crippen LogP contribution in [0, 0.1) is 0 Å². The summed E-state index contributed by atoms with van der Waals surface area (Å²) in [5.74, 6) is 0. The highest BCUT2D eigenvalue weighted by molar-refractivity contribution is 4.60. The average Bonchev–Trinajstić information content (AvgIpc) is 2.34. The molecule has 0 aromatic carbocycles. The molecular weight excluding hydrogens is 136 g/mol. The molecule has 1 aliphatic rings. The van der Waals surface area contributed by atoms with Crippen molar-refractivity contribution >= 4 is 0 Å². The van der Waals surface area contributed by atoms with Crippen LogP contribution in [0.25, 0.3) is 0 Å². The van der Waals surface area contributed by atoms with Crippen LogP contribution < -0.4 is 5.32 Å². The first kappa shape index (κ1) is 9.01. The van der Waals surface area contributed by atoms with Crippen molar-refractivity contribution in [2.24, 2.45) is 0 Å². The molecule has 1 saturated heterocycles. The second-order valence-electron chi connectivity index (χ2n) is 4.17. The maximum Gasteiger partial charge on any atom is 0.133 e. The SMILES string of the molecule is CC(C)[N+]1(C(C)C)CCNC1. The summed E-state index contributed by atoms with van der Waals surface area (Å²) in [6.45, 7) is 13.0. The van der Waals surface area contributed by atoms with Crippen molar-refractivity contribution in [3.8, 4) is 0 Å². The number of quaternary nitrogens is 1. The van der Waals surface area contributed by atoms with Crippen LogP contribution in [0.2, 0.25) is 0 Å². The lowest BCUT2D eigenvalue weighted by Gasteiger charge is -2.41. The van der Waals surface area contributed by atoms with Gasteiger partial charge in [-0.3, -0.25) is 5.32 Å². The van der Waals surface area contributed by atoms with Crippen molar-refractivity contribution in [2.75, 3.05) is 19.8 Å². The number of hydrogen-bond acceptors (Lipinski definition) is 1. The predicted molar refractivity (Wildman–Crippen MR) is 48.3 cm³/mol. The lowest BCUT2D eigenvalue weighted by Crippen LogP contribution is -2.56. The Labute approximate surface area is 70.2 Å². The quantitative estimate of drug-likeness (QED) is 0.594. The van der Waals surface area contributed by atoms with E-state index in [4.69, 9.17) is 0 Å². The highest BCUT2D eigenvalue weighted by Gasteiger charge is 2.37. The summed E-state index contributed by atoms with van der Waals surface area (Å²) in [7, 11) is 0. The highest BCUT2D eigenvalue weighted by Crippen LogP contribution is 2.20. The molecular formula is C9H21N2+. The highest BCUT2D eigenvalue weighted by atomic mass is 15.5. The fourth-order valence-electron chi connectivity index (χ4n) is 2.13. The van der Waals surface area contributed by atoms with Gasteiger partial charge in [0.05, 0.1) is 18.6 Å². The Hall–Kier alpha value is -0.0800. The minimum Gasteiger partial charge on any atom is -0.306 e. The zero-order chi connectivity index (χ0) is 8.48. The second kappa shape index (κ2) is 3.11. The molecule has 0 atom stereocenters. The topological polar surface area (TPSA) is 12.0 Å². The van der Waals surface area contributed by atoms with Gasteiger partial charge in [0.1, 0.15) is 6.67 Å². The van der Waals surface area contributed by atoms with E-state index in [0.29, 0.717) is 0 Å². The molecule has 0 aliphatic carbocycles. The summed E-state index contributed by atoms with van der Waals surface area (Å²) in [6.07, 6.45) is 0. The van der Waals surface area contributed by atoms with E-state index in [0.717, 1.165) is 18.8 Å². The van der Waals surface area contributed by atoms with E-state index in [1.54, 1.807) is 0 Å². The minimum atomic E-state index is 0.755. The zero-order valence-electron chi connectivity index (χ0n) is 8.22. The average molecular weight is 157 g/mol. The number of rotatable bonds is 2. The largest absolute Gasteiger partial charge is 0.306 e. The summed E-state index contributed by atoms with van der Waals surface area (Å²) in [4.78, 5) is 0. The van der Waals surface area contributed by atoms with Gasteiger partial charge in [-0.25, -0.2) is 0 Å². The Balaban J connectivity index is 2.70. The van der Waals surface area contributed by atoms with Crippen LogP contribution in [0.15, 0.2) is 0 Å². The monoisotopic (exact) mass is 157 g/mol. The molecule has 1 rings (SSSR count). The van der Waals surface area contributed by atoms with Crippen molar-refractivity contribution in [3.05, 3.63) is 0 Å². The second-order valence-corrected chi connectivity index (χ2v) is 4.17. The molecule has 2 nitrogen and oxygen atoms in total. The summed E-state index contributed by atoms with van der Waals surface area (Å²) < 4.78 is 1.25. The molecule has 0 amide bonds. The molecule has 0 saturated carbocycles. The van der Waals surface area contributed by atoms with Crippen molar-refractivity contribution in [1.82, 2.24) is 5.32 Å². The number of nitrogens with one attached hydrogen (secondary N) is 1. The Bertz CT molecular complexity index is 114. The van der Waals surface area contributed by atoms with Gasteiger partial charge in [-0.1, -0.05) is 0 Å². The van der Waals surface area contributed by atoms with E-state index in [1.807, 2.05) is 0 Å². The summed E-state index contributed by atoms with van der Waals surface area (Å²) >= 11 is 0. The normalized spacial score (nSPS) is 23.5. The molecule has 0 unspecified atom stereocenters. The van der Waals surface area contributed by atoms with Gasteiger partial charge >= 0.3 is 0 Å². The smallest absolute Gasteiger partial charge is 0.133 e. The Morgan fingerprint density at radius 1 is 1.09 bits per heavy atom. The van der Waals surface area contributed by atoms with Crippen LogP contribution in [0.5, 0.6) is 0 Å². The van der Waals surface area contributed by atoms with Crippen LogP contribution in [-0.2, 0) is 0 Å². The van der Waals surface area contributed by atoms with Gasteiger partial charge in [-0.15, -0.1) is 0 Å². The van der Waals surface area contributed by atoms with Gasteiger partial charge < -0.3 is 4.48 Å². The molecule has 11 heavy (non-hydrogen) atoms. The first-order chi connectivity index (χ1) is 5.09. The maximum absolute atomic E-state index is 3.45. The van der Waals surface area contributed by atoms with Crippen molar-refractivity contribution in [3.63, 3.8) is 0 Å². The fourth-order valence-corrected chi connectivity index (χ4v) is 2.13. The van der Waals surface area contributed by atoms with Gasteiger partial charge in [0.2, 0.25) is 0 Å². The molecule has 0 aromatic heterocycles. The molecule has 0 spiro atoms. The summed E-state index contributed by atoms with van der Waals surface area (Å²) in [5.41, 5.74) is 0. The van der Waals surface area contributed by atoms with Gasteiger partial charge in [0.15, 0.2) is 0 Å².